The Morgan fingerprint density at radius 3 is 2.12 bits per heavy atom. The molecule has 5 aliphatic rings. The molecule has 32 heavy (non-hydrogen) atoms. The van der Waals surface area contributed by atoms with Crippen LogP contribution in [0, 0.1) is 45.3 Å². The van der Waals surface area contributed by atoms with Gasteiger partial charge in [-0.25, -0.2) is 0 Å². The molecule has 0 spiro atoms. The highest BCUT2D eigenvalue weighted by Crippen LogP contribution is 2.75. The van der Waals surface area contributed by atoms with E-state index >= 15 is 0 Å². The molecule has 1 heteroatoms. The van der Waals surface area contributed by atoms with Crippen molar-refractivity contribution in [1.82, 2.24) is 0 Å². The summed E-state index contributed by atoms with van der Waals surface area (Å²) in [4.78, 5) is 0. The first-order valence-electron chi connectivity index (χ1n) is 14.0. The van der Waals surface area contributed by atoms with Crippen molar-refractivity contribution < 1.29 is 0 Å². The largest absolute Gasteiger partial charge is 0.325 e. The van der Waals surface area contributed by atoms with Crippen LogP contribution in [-0.4, -0.2) is 5.54 Å². The van der Waals surface area contributed by atoms with Crippen LogP contribution in [0.2, 0.25) is 0 Å². The molecule has 0 radical (unpaired) electrons. The van der Waals surface area contributed by atoms with E-state index in [-0.39, 0.29) is 5.54 Å². The van der Waals surface area contributed by atoms with Crippen LogP contribution in [0.15, 0.2) is 24.8 Å². The lowest BCUT2D eigenvalue weighted by atomic mass is 9.33. The van der Waals surface area contributed by atoms with Crippen molar-refractivity contribution in [2.45, 2.75) is 125 Å². The first kappa shape index (κ1) is 26.1. The zero-order valence-electron chi connectivity index (χ0n) is 22.9. The fourth-order valence-corrected chi connectivity index (χ4v) is 10.2. The highest BCUT2D eigenvalue weighted by atomic mass is 14.8. The average molecular weight is 442 g/mol. The highest BCUT2D eigenvalue weighted by molar-refractivity contribution is 5.21. The molecule has 6 unspecified atom stereocenters. The van der Waals surface area contributed by atoms with Crippen LogP contribution in [-0.2, 0) is 0 Å². The van der Waals surface area contributed by atoms with E-state index < -0.39 is 0 Å². The van der Waals surface area contributed by atoms with E-state index in [1.54, 1.807) is 6.08 Å². The summed E-state index contributed by atoms with van der Waals surface area (Å²) >= 11 is 0. The fraction of sp³-hybridized carbons (Fsp3) is 0.871. The Hall–Kier alpha value is -0.560. The van der Waals surface area contributed by atoms with Gasteiger partial charge in [0.05, 0.1) is 0 Å². The Balaban J connectivity index is 0.000000536. The van der Waals surface area contributed by atoms with Crippen LogP contribution in [0.25, 0.3) is 0 Å². The smallest absolute Gasteiger partial charge is 0.0185 e. The first-order valence-corrected chi connectivity index (χ1v) is 14.0. The molecule has 5 aliphatic carbocycles. The van der Waals surface area contributed by atoms with Gasteiger partial charge in [-0.1, -0.05) is 73.1 Å². The van der Waals surface area contributed by atoms with Crippen molar-refractivity contribution in [3.8, 4) is 0 Å². The highest BCUT2D eigenvalue weighted by Gasteiger charge is 2.68. The van der Waals surface area contributed by atoms with Gasteiger partial charge in [-0.15, -0.1) is 6.58 Å². The van der Waals surface area contributed by atoms with E-state index in [4.69, 9.17) is 5.73 Å². The summed E-state index contributed by atoms with van der Waals surface area (Å²) in [5.74, 6) is 3.44. The molecule has 2 N–H and O–H groups in total. The van der Waals surface area contributed by atoms with Crippen molar-refractivity contribution in [1.29, 1.82) is 0 Å². The Labute approximate surface area is 201 Å². The third kappa shape index (κ3) is 3.59. The van der Waals surface area contributed by atoms with E-state index in [1.807, 2.05) is 20.8 Å². The molecule has 5 rings (SSSR count). The molecule has 0 amide bonds. The predicted molar refractivity (Wildman–Crippen MR) is 142 cm³/mol. The lowest BCUT2D eigenvalue weighted by Gasteiger charge is -2.71. The number of hydrogen-bond donors (Lipinski definition) is 1. The topological polar surface area (TPSA) is 26.0 Å². The number of rotatable bonds is 0. The Morgan fingerprint density at radius 1 is 0.812 bits per heavy atom. The molecule has 4 fully saturated rings. The minimum absolute atomic E-state index is 0.185. The standard InChI is InChI=1S/C26H43N.C3H6.C2H6/c1-22(2)12-7-13-23(3)20(22)11-15-25(5)21(23)10-9-18-19-8-6-14-26(19,27)17-16-24(18,25)4;1-3-2;1-2/h7,12,18-21H,6,8-11,13-17,27H2,1-5H3;3H,1H2,2H3;1-2H3/t18?,19-,20?,21?,23?,24-,25?,26?;;/m1../s1. The summed E-state index contributed by atoms with van der Waals surface area (Å²) in [5.41, 5.74) is 9.06. The van der Waals surface area contributed by atoms with Gasteiger partial charge in [0.1, 0.15) is 0 Å². The number of fused-ring (bicyclic) bond motifs is 7. The maximum absolute atomic E-state index is 7.00. The van der Waals surface area contributed by atoms with E-state index in [2.05, 4.69) is 53.3 Å². The molecule has 0 heterocycles. The Bertz CT molecular complexity index is 705. The van der Waals surface area contributed by atoms with Gasteiger partial charge in [-0.2, -0.15) is 0 Å². The fourth-order valence-electron chi connectivity index (χ4n) is 10.2. The summed E-state index contributed by atoms with van der Waals surface area (Å²) in [6.45, 7) is 22.4. The second-order valence-electron chi connectivity index (χ2n) is 13.2. The number of nitrogens with two attached hydrogens (primary N) is 1. The van der Waals surface area contributed by atoms with Crippen LogP contribution >= 0.6 is 0 Å². The normalized spacial score (nSPS) is 50.2. The molecule has 0 saturated heterocycles. The summed E-state index contributed by atoms with van der Waals surface area (Å²) in [6.07, 6.45) is 20.7. The van der Waals surface area contributed by atoms with Gasteiger partial charge in [0.2, 0.25) is 0 Å². The molecule has 0 bridgehead atoms. The van der Waals surface area contributed by atoms with Gasteiger partial charge in [0, 0.05) is 5.54 Å². The van der Waals surface area contributed by atoms with Gasteiger partial charge < -0.3 is 5.73 Å². The zero-order valence-corrected chi connectivity index (χ0v) is 22.9. The van der Waals surface area contributed by atoms with Gasteiger partial charge in [-0.05, 0) is 110 Å². The van der Waals surface area contributed by atoms with Gasteiger partial charge in [-0.3, -0.25) is 0 Å². The quantitative estimate of drug-likeness (QED) is 0.373. The van der Waals surface area contributed by atoms with Gasteiger partial charge >= 0.3 is 0 Å². The summed E-state index contributed by atoms with van der Waals surface area (Å²) < 4.78 is 0. The monoisotopic (exact) mass is 441 g/mol. The van der Waals surface area contributed by atoms with Crippen LogP contribution in [0.3, 0.4) is 0 Å². The van der Waals surface area contributed by atoms with Crippen molar-refractivity contribution in [2.75, 3.05) is 0 Å². The first-order chi connectivity index (χ1) is 15.0. The molecule has 0 aromatic carbocycles. The lowest BCUT2D eigenvalue weighted by molar-refractivity contribution is -0.215. The van der Waals surface area contributed by atoms with E-state index in [0.29, 0.717) is 21.7 Å². The maximum Gasteiger partial charge on any atom is 0.0185 e. The number of allylic oxidation sites excluding steroid dienone is 3. The molecule has 0 aliphatic heterocycles. The van der Waals surface area contributed by atoms with Crippen molar-refractivity contribution in [2.24, 2.45) is 51.1 Å². The molecular formula is C31H55N. The Morgan fingerprint density at radius 2 is 1.47 bits per heavy atom. The van der Waals surface area contributed by atoms with E-state index in [1.165, 1.54) is 64.2 Å². The van der Waals surface area contributed by atoms with Crippen LogP contribution < -0.4 is 5.73 Å². The summed E-state index contributed by atoms with van der Waals surface area (Å²) in [5, 5.41) is 0. The molecule has 184 valence electrons. The zero-order chi connectivity index (χ0) is 24.0. The van der Waals surface area contributed by atoms with Crippen LogP contribution in [0.5, 0.6) is 0 Å². The van der Waals surface area contributed by atoms with Crippen LogP contribution in [0.1, 0.15) is 120 Å². The number of hydrogen-bond acceptors (Lipinski definition) is 1. The molecule has 4 saturated carbocycles. The molecule has 8 atom stereocenters. The van der Waals surface area contributed by atoms with Crippen molar-refractivity contribution in [3.63, 3.8) is 0 Å². The summed E-state index contributed by atoms with van der Waals surface area (Å²) in [6, 6.07) is 0. The summed E-state index contributed by atoms with van der Waals surface area (Å²) in [7, 11) is 0. The predicted octanol–water partition coefficient (Wildman–Crippen LogP) is 8.94. The third-order valence-corrected chi connectivity index (χ3v) is 11.7. The van der Waals surface area contributed by atoms with Crippen molar-refractivity contribution >= 4 is 0 Å². The van der Waals surface area contributed by atoms with Gasteiger partial charge in [0.25, 0.3) is 0 Å². The molecule has 1 nitrogen and oxygen atoms in total. The average Bonchev–Trinajstić information content (AvgIpc) is 3.12. The van der Waals surface area contributed by atoms with Crippen molar-refractivity contribution in [3.05, 3.63) is 24.8 Å². The minimum Gasteiger partial charge on any atom is -0.325 e. The second-order valence-corrected chi connectivity index (χ2v) is 13.2. The Kier molecular flexibility index (Phi) is 7.25. The minimum atomic E-state index is 0.185. The lowest BCUT2D eigenvalue weighted by Crippen LogP contribution is -2.66. The molecular weight excluding hydrogens is 386 g/mol. The van der Waals surface area contributed by atoms with E-state index in [9.17, 15) is 0 Å². The molecule has 0 aromatic rings. The van der Waals surface area contributed by atoms with E-state index in [0.717, 1.165) is 23.7 Å². The third-order valence-electron chi connectivity index (χ3n) is 11.7. The maximum atomic E-state index is 7.00. The van der Waals surface area contributed by atoms with Crippen LogP contribution in [0.4, 0.5) is 0 Å². The second kappa shape index (κ2) is 8.90. The van der Waals surface area contributed by atoms with Gasteiger partial charge in [0.15, 0.2) is 0 Å². The SMILES string of the molecule is C=CC.CC.CC1(C)C=CCC2(C)C1CCC1(C)C2CCC2[C@H]3CCCC3(N)CC[C@]21C. The molecule has 0 aromatic heterocycles.